The highest BCUT2D eigenvalue weighted by atomic mass is 35.5. The number of nitrogens with one attached hydrogen (secondary N) is 1. The van der Waals surface area contributed by atoms with Crippen LogP contribution in [0.1, 0.15) is 10.4 Å². The normalized spacial score (nSPS) is 15.1. The van der Waals surface area contributed by atoms with Gasteiger partial charge in [-0.15, -0.1) is 0 Å². The summed E-state index contributed by atoms with van der Waals surface area (Å²) in [5, 5.41) is 6.88. The van der Waals surface area contributed by atoms with E-state index in [0.717, 1.165) is 0 Å². The van der Waals surface area contributed by atoms with Gasteiger partial charge in [-0.2, -0.15) is 9.29 Å². The highest BCUT2D eigenvalue weighted by Gasteiger charge is 2.27. The number of morpholine rings is 1. The van der Waals surface area contributed by atoms with Crippen molar-refractivity contribution in [2.45, 2.75) is 4.90 Å². The first-order valence-electron chi connectivity index (χ1n) is 9.02. The molecule has 0 spiro atoms. The number of hydrogen-bond acceptors (Lipinski definition) is 7. The summed E-state index contributed by atoms with van der Waals surface area (Å²) in [6.45, 7) is 1.22. The molecule has 156 valence electrons. The van der Waals surface area contributed by atoms with E-state index < -0.39 is 15.9 Å². The summed E-state index contributed by atoms with van der Waals surface area (Å²) < 4.78 is 37.2. The zero-order valence-electron chi connectivity index (χ0n) is 15.6. The molecule has 1 saturated heterocycles. The molecule has 4 rings (SSSR count). The number of amides is 1. The molecule has 1 aliphatic heterocycles. The van der Waals surface area contributed by atoms with Gasteiger partial charge in [-0.05, 0) is 42.5 Å². The first-order valence-corrected chi connectivity index (χ1v) is 10.8. The number of sulfonamides is 1. The van der Waals surface area contributed by atoms with Crippen molar-refractivity contribution in [2.75, 3.05) is 31.6 Å². The molecule has 1 aliphatic rings. The first kappa shape index (κ1) is 20.5. The molecule has 0 radical (unpaired) electrons. The van der Waals surface area contributed by atoms with Gasteiger partial charge >= 0.3 is 6.01 Å². The van der Waals surface area contributed by atoms with Crippen LogP contribution in [0.25, 0.3) is 11.4 Å². The van der Waals surface area contributed by atoms with Crippen LogP contribution in [0.4, 0.5) is 6.01 Å². The van der Waals surface area contributed by atoms with Crippen LogP contribution >= 0.6 is 11.6 Å². The standard InChI is InChI=1S/C19H17ClN4O5S/c20-15-6-4-13(5-7-15)17-21-19(29-23-17)22-18(25)14-2-1-3-16(12-14)30(26,27)24-8-10-28-11-9-24/h1-7,12H,8-11H2,(H,21,22,23,25). The fraction of sp³-hybridized carbons (Fsp3) is 0.211. The molecule has 1 fully saturated rings. The second-order valence-electron chi connectivity index (χ2n) is 6.43. The van der Waals surface area contributed by atoms with Crippen LogP contribution in [0.2, 0.25) is 5.02 Å². The molecule has 0 aliphatic carbocycles. The van der Waals surface area contributed by atoms with E-state index in [-0.39, 0.29) is 35.4 Å². The van der Waals surface area contributed by atoms with Gasteiger partial charge in [0, 0.05) is 29.2 Å². The molecule has 0 saturated carbocycles. The largest absolute Gasteiger partial charge is 0.379 e. The van der Waals surface area contributed by atoms with Crippen LogP contribution in [0, 0.1) is 0 Å². The Labute approximate surface area is 177 Å². The van der Waals surface area contributed by atoms with Gasteiger partial charge in [0.2, 0.25) is 15.8 Å². The lowest BCUT2D eigenvalue weighted by molar-refractivity contribution is 0.0730. The summed E-state index contributed by atoms with van der Waals surface area (Å²) in [6, 6.07) is 12.5. The fourth-order valence-corrected chi connectivity index (χ4v) is 4.47. The molecule has 1 aromatic heterocycles. The Morgan fingerprint density at radius 3 is 2.57 bits per heavy atom. The predicted molar refractivity (Wildman–Crippen MR) is 109 cm³/mol. The number of aromatic nitrogens is 2. The van der Waals surface area contributed by atoms with E-state index in [2.05, 4.69) is 15.5 Å². The second kappa shape index (κ2) is 8.52. The molecular formula is C19H17ClN4O5S. The molecule has 9 nitrogen and oxygen atoms in total. The van der Waals surface area contributed by atoms with Crippen molar-refractivity contribution < 1.29 is 22.5 Å². The molecule has 2 aromatic carbocycles. The number of anilines is 1. The molecule has 0 atom stereocenters. The highest BCUT2D eigenvalue weighted by Crippen LogP contribution is 2.21. The van der Waals surface area contributed by atoms with E-state index in [1.165, 1.54) is 28.6 Å². The van der Waals surface area contributed by atoms with E-state index in [4.69, 9.17) is 20.9 Å². The number of halogens is 1. The lowest BCUT2D eigenvalue weighted by Gasteiger charge is -2.26. The van der Waals surface area contributed by atoms with Gasteiger partial charge in [0.15, 0.2) is 0 Å². The van der Waals surface area contributed by atoms with Crippen molar-refractivity contribution in [2.24, 2.45) is 0 Å². The maximum absolute atomic E-state index is 12.8. The summed E-state index contributed by atoms with van der Waals surface area (Å²) in [4.78, 5) is 16.7. The quantitative estimate of drug-likeness (QED) is 0.638. The van der Waals surface area contributed by atoms with Gasteiger partial charge < -0.3 is 9.26 Å². The van der Waals surface area contributed by atoms with Crippen LogP contribution < -0.4 is 5.32 Å². The van der Waals surface area contributed by atoms with E-state index in [1.54, 1.807) is 24.3 Å². The first-order chi connectivity index (χ1) is 14.4. The van der Waals surface area contributed by atoms with Crippen molar-refractivity contribution in [3.05, 3.63) is 59.1 Å². The average molecular weight is 449 g/mol. The monoisotopic (exact) mass is 448 g/mol. The number of carbonyl (C=O) groups is 1. The third-order valence-corrected chi connectivity index (χ3v) is 6.60. The molecule has 11 heteroatoms. The van der Waals surface area contributed by atoms with Crippen LogP contribution in [0.5, 0.6) is 0 Å². The highest BCUT2D eigenvalue weighted by molar-refractivity contribution is 7.89. The summed E-state index contributed by atoms with van der Waals surface area (Å²) in [5.41, 5.74) is 0.817. The van der Waals surface area contributed by atoms with Gasteiger partial charge in [-0.25, -0.2) is 8.42 Å². The predicted octanol–water partition coefficient (Wildman–Crippen LogP) is 2.66. The molecule has 3 aromatic rings. The lowest BCUT2D eigenvalue weighted by atomic mass is 10.2. The number of ether oxygens (including phenoxy) is 1. The van der Waals surface area contributed by atoms with Gasteiger partial charge in [0.25, 0.3) is 5.91 Å². The van der Waals surface area contributed by atoms with Crippen LogP contribution in [-0.4, -0.2) is 55.1 Å². The maximum Gasteiger partial charge on any atom is 0.328 e. The van der Waals surface area contributed by atoms with Gasteiger partial charge in [-0.3, -0.25) is 10.1 Å². The minimum absolute atomic E-state index is 0.0319. The number of nitrogens with zero attached hydrogens (tertiary/aromatic N) is 3. The fourth-order valence-electron chi connectivity index (χ4n) is 2.89. The summed E-state index contributed by atoms with van der Waals surface area (Å²) >= 11 is 5.86. The van der Waals surface area contributed by atoms with Crippen molar-refractivity contribution in [1.82, 2.24) is 14.4 Å². The maximum atomic E-state index is 12.8. The van der Waals surface area contributed by atoms with E-state index in [0.29, 0.717) is 23.8 Å². The summed E-state index contributed by atoms with van der Waals surface area (Å²) in [7, 11) is -3.72. The molecule has 0 bridgehead atoms. The molecule has 1 amide bonds. The molecular weight excluding hydrogens is 432 g/mol. The van der Waals surface area contributed by atoms with Crippen LogP contribution in [0.3, 0.4) is 0 Å². The smallest absolute Gasteiger partial charge is 0.328 e. The minimum atomic E-state index is -3.72. The Hall–Kier alpha value is -2.79. The number of rotatable bonds is 5. The number of hydrogen-bond donors (Lipinski definition) is 1. The van der Waals surface area contributed by atoms with E-state index in [9.17, 15) is 13.2 Å². The molecule has 1 N–H and O–H groups in total. The molecule has 0 unspecified atom stereocenters. The van der Waals surface area contributed by atoms with Crippen LogP contribution in [0.15, 0.2) is 57.9 Å². The third kappa shape index (κ3) is 4.36. The molecule has 30 heavy (non-hydrogen) atoms. The minimum Gasteiger partial charge on any atom is -0.379 e. The Kier molecular flexibility index (Phi) is 5.82. The lowest BCUT2D eigenvalue weighted by Crippen LogP contribution is -2.40. The van der Waals surface area contributed by atoms with E-state index >= 15 is 0 Å². The van der Waals surface area contributed by atoms with Crippen molar-refractivity contribution in [1.29, 1.82) is 0 Å². The third-order valence-electron chi connectivity index (χ3n) is 4.45. The SMILES string of the molecule is O=C(Nc1nc(-c2ccc(Cl)cc2)no1)c1cccc(S(=O)(=O)N2CCOCC2)c1. The summed E-state index contributed by atoms with van der Waals surface area (Å²) in [5.74, 6) is -0.286. The number of benzene rings is 2. The zero-order valence-corrected chi connectivity index (χ0v) is 17.2. The van der Waals surface area contributed by atoms with Gasteiger partial charge in [-0.1, -0.05) is 22.8 Å². The average Bonchev–Trinajstić information content (AvgIpc) is 3.23. The van der Waals surface area contributed by atoms with Crippen molar-refractivity contribution in [3.8, 4) is 11.4 Å². The topological polar surface area (TPSA) is 115 Å². The van der Waals surface area contributed by atoms with Crippen molar-refractivity contribution in [3.63, 3.8) is 0 Å². The Morgan fingerprint density at radius 2 is 1.83 bits per heavy atom. The summed E-state index contributed by atoms with van der Waals surface area (Å²) in [6.07, 6.45) is 0. The Bertz CT molecular complexity index is 1160. The van der Waals surface area contributed by atoms with Crippen molar-refractivity contribution >= 4 is 33.5 Å². The van der Waals surface area contributed by atoms with Crippen LogP contribution in [-0.2, 0) is 14.8 Å². The molecule has 2 heterocycles. The zero-order chi connectivity index (χ0) is 21.1. The van der Waals surface area contributed by atoms with Gasteiger partial charge in [0.1, 0.15) is 0 Å². The Morgan fingerprint density at radius 1 is 1.10 bits per heavy atom. The van der Waals surface area contributed by atoms with E-state index in [1.807, 2.05) is 0 Å². The second-order valence-corrected chi connectivity index (χ2v) is 8.80. The number of carbonyl (C=O) groups excluding carboxylic acids is 1. The van der Waals surface area contributed by atoms with Gasteiger partial charge in [0.05, 0.1) is 18.1 Å². The Balaban J connectivity index is 1.50.